The van der Waals surface area contributed by atoms with Crippen LogP contribution in [-0.2, 0) is 6.54 Å². The van der Waals surface area contributed by atoms with Crippen LogP contribution in [0.25, 0.3) is 0 Å². The predicted octanol–water partition coefficient (Wildman–Crippen LogP) is 3.05. The molecule has 2 heterocycles. The van der Waals surface area contributed by atoms with Crippen molar-refractivity contribution in [2.45, 2.75) is 6.54 Å². The molecule has 0 saturated heterocycles. The maximum Gasteiger partial charge on any atom is 0.265 e. The zero-order valence-electron chi connectivity index (χ0n) is 9.03. The molecule has 0 aliphatic heterocycles. The molecule has 0 spiro atoms. The van der Waals surface area contributed by atoms with Crippen LogP contribution in [0.3, 0.4) is 0 Å². The van der Waals surface area contributed by atoms with Crippen LogP contribution in [0.1, 0.15) is 5.69 Å². The van der Waals surface area contributed by atoms with E-state index in [0.717, 1.165) is 4.47 Å². The van der Waals surface area contributed by atoms with E-state index in [1.807, 2.05) is 0 Å². The van der Waals surface area contributed by atoms with Gasteiger partial charge in [0, 0.05) is 10.7 Å². The lowest BCUT2D eigenvalue weighted by Crippen LogP contribution is -2.21. The standard InChI is InChI=1S/C11H8Br2ClN3O/c12-6-3-7(13)11(18)17(4-6)5-9-8(14)1-2-10(15)16-9/h1-4H,5H2,(H2,15,16). The second-order valence-electron chi connectivity index (χ2n) is 3.60. The molecule has 0 fully saturated rings. The molecular weight excluding hydrogens is 385 g/mol. The van der Waals surface area contributed by atoms with Crippen molar-refractivity contribution < 1.29 is 0 Å². The second kappa shape index (κ2) is 5.42. The van der Waals surface area contributed by atoms with E-state index in [2.05, 4.69) is 36.8 Å². The minimum Gasteiger partial charge on any atom is -0.384 e. The van der Waals surface area contributed by atoms with Gasteiger partial charge in [0.05, 0.1) is 21.7 Å². The van der Waals surface area contributed by atoms with Gasteiger partial charge in [0.2, 0.25) is 0 Å². The highest BCUT2D eigenvalue weighted by Gasteiger charge is 2.08. The summed E-state index contributed by atoms with van der Waals surface area (Å²) in [5, 5.41) is 0.479. The van der Waals surface area contributed by atoms with Crippen LogP contribution in [0, 0.1) is 0 Å². The molecule has 0 atom stereocenters. The third-order valence-electron chi connectivity index (χ3n) is 2.27. The Balaban J connectivity index is 2.46. The fraction of sp³-hybridized carbons (Fsp3) is 0.0909. The Bertz CT molecular complexity index is 657. The lowest BCUT2D eigenvalue weighted by atomic mass is 10.3. The first-order valence-electron chi connectivity index (χ1n) is 4.94. The highest BCUT2D eigenvalue weighted by Crippen LogP contribution is 2.18. The third-order valence-corrected chi connectivity index (χ3v) is 3.62. The summed E-state index contributed by atoms with van der Waals surface area (Å²) in [5.41, 5.74) is 6.01. The van der Waals surface area contributed by atoms with E-state index < -0.39 is 0 Å². The Morgan fingerprint density at radius 2 is 2.11 bits per heavy atom. The number of halogens is 3. The molecule has 0 unspecified atom stereocenters. The summed E-state index contributed by atoms with van der Waals surface area (Å²) in [5.74, 6) is 0.372. The van der Waals surface area contributed by atoms with Gasteiger partial charge in [-0.3, -0.25) is 4.79 Å². The number of nitrogens with two attached hydrogens (primary N) is 1. The monoisotopic (exact) mass is 391 g/mol. The van der Waals surface area contributed by atoms with Gasteiger partial charge >= 0.3 is 0 Å². The molecular formula is C11H8Br2ClN3O. The van der Waals surface area contributed by atoms with Crippen molar-refractivity contribution in [2.75, 3.05) is 5.73 Å². The average Bonchev–Trinajstić information content (AvgIpc) is 2.30. The molecule has 0 aliphatic carbocycles. The van der Waals surface area contributed by atoms with E-state index in [9.17, 15) is 4.79 Å². The summed E-state index contributed by atoms with van der Waals surface area (Å²) in [6.07, 6.45) is 1.67. The zero-order chi connectivity index (χ0) is 13.3. The number of aromatic nitrogens is 2. The van der Waals surface area contributed by atoms with Crippen LogP contribution in [0.4, 0.5) is 5.82 Å². The molecule has 0 aliphatic rings. The summed E-state index contributed by atoms with van der Waals surface area (Å²) in [4.78, 5) is 16.0. The minimum atomic E-state index is -0.154. The van der Waals surface area contributed by atoms with Gasteiger partial charge in [-0.2, -0.15) is 0 Å². The number of anilines is 1. The number of nitrogen functional groups attached to an aromatic ring is 1. The Morgan fingerprint density at radius 3 is 2.83 bits per heavy atom. The molecule has 0 amide bonds. The Labute approximate surface area is 125 Å². The average molecular weight is 393 g/mol. The number of pyridine rings is 2. The molecule has 2 N–H and O–H groups in total. The van der Waals surface area contributed by atoms with Gasteiger partial charge in [0.1, 0.15) is 5.82 Å². The Morgan fingerprint density at radius 1 is 1.39 bits per heavy atom. The molecule has 4 nitrogen and oxygen atoms in total. The number of hydrogen-bond acceptors (Lipinski definition) is 3. The van der Waals surface area contributed by atoms with Crippen LogP contribution in [0.2, 0.25) is 5.02 Å². The molecule has 0 radical (unpaired) electrons. The van der Waals surface area contributed by atoms with Crippen molar-refractivity contribution in [1.29, 1.82) is 0 Å². The fourth-order valence-electron chi connectivity index (χ4n) is 1.46. The van der Waals surface area contributed by atoms with E-state index in [1.165, 1.54) is 4.57 Å². The molecule has 0 aromatic carbocycles. The van der Waals surface area contributed by atoms with Gasteiger partial charge in [-0.05, 0) is 50.1 Å². The van der Waals surface area contributed by atoms with Crippen LogP contribution >= 0.6 is 43.5 Å². The number of nitrogens with zero attached hydrogens (tertiary/aromatic N) is 2. The molecule has 7 heteroatoms. The van der Waals surface area contributed by atoms with Gasteiger partial charge in [-0.1, -0.05) is 11.6 Å². The highest BCUT2D eigenvalue weighted by molar-refractivity contribution is 9.11. The first kappa shape index (κ1) is 13.6. The first-order chi connectivity index (χ1) is 8.47. The van der Waals surface area contributed by atoms with Gasteiger partial charge in [-0.25, -0.2) is 4.98 Å². The van der Waals surface area contributed by atoms with Gasteiger partial charge in [0.25, 0.3) is 5.56 Å². The lowest BCUT2D eigenvalue weighted by Gasteiger charge is -2.08. The minimum absolute atomic E-state index is 0.154. The van der Waals surface area contributed by atoms with E-state index >= 15 is 0 Å². The normalized spacial score (nSPS) is 10.6. The summed E-state index contributed by atoms with van der Waals surface area (Å²) in [6.45, 7) is 0.265. The molecule has 0 saturated carbocycles. The smallest absolute Gasteiger partial charge is 0.265 e. The second-order valence-corrected chi connectivity index (χ2v) is 5.78. The van der Waals surface area contributed by atoms with E-state index in [4.69, 9.17) is 17.3 Å². The summed E-state index contributed by atoms with van der Waals surface area (Å²) in [7, 11) is 0. The largest absolute Gasteiger partial charge is 0.384 e. The fourth-order valence-corrected chi connectivity index (χ4v) is 2.88. The zero-order valence-corrected chi connectivity index (χ0v) is 13.0. The quantitative estimate of drug-likeness (QED) is 0.853. The van der Waals surface area contributed by atoms with Crippen LogP contribution < -0.4 is 11.3 Å². The van der Waals surface area contributed by atoms with Crippen molar-refractivity contribution in [3.05, 3.63) is 54.4 Å². The van der Waals surface area contributed by atoms with Crippen molar-refractivity contribution in [3.8, 4) is 0 Å². The van der Waals surface area contributed by atoms with Crippen LogP contribution in [0.5, 0.6) is 0 Å². The maximum atomic E-state index is 11.9. The number of rotatable bonds is 2. The van der Waals surface area contributed by atoms with Crippen molar-refractivity contribution in [1.82, 2.24) is 9.55 Å². The van der Waals surface area contributed by atoms with Crippen LogP contribution in [0.15, 0.2) is 38.1 Å². The molecule has 94 valence electrons. The Kier molecular flexibility index (Phi) is 4.09. The summed E-state index contributed by atoms with van der Waals surface area (Å²) >= 11 is 12.5. The maximum absolute atomic E-state index is 11.9. The molecule has 2 rings (SSSR count). The molecule has 2 aromatic heterocycles. The first-order valence-corrected chi connectivity index (χ1v) is 6.90. The molecule has 0 bridgehead atoms. The number of hydrogen-bond donors (Lipinski definition) is 1. The van der Waals surface area contributed by atoms with Gasteiger partial charge < -0.3 is 10.3 Å². The predicted molar refractivity (Wildman–Crippen MR) is 78.9 cm³/mol. The van der Waals surface area contributed by atoms with Gasteiger partial charge in [0.15, 0.2) is 0 Å². The van der Waals surface area contributed by atoms with E-state index in [1.54, 1.807) is 24.4 Å². The Hall–Kier alpha value is -0.850. The topological polar surface area (TPSA) is 60.9 Å². The molecule has 18 heavy (non-hydrogen) atoms. The van der Waals surface area contributed by atoms with Gasteiger partial charge in [-0.15, -0.1) is 0 Å². The third kappa shape index (κ3) is 2.93. The summed E-state index contributed by atoms with van der Waals surface area (Å²) < 4.78 is 2.76. The van der Waals surface area contributed by atoms with Crippen LogP contribution in [-0.4, -0.2) is 9.55 Å². The highest BCUT2D eigenvalue weighted by atomic mass is 79.9. The van der Waals surface area contributed by atoms with Crippen molar-refractivity contribution in [2.24, 2.45) is 0 Å². The molecule has 2 aromatic rings. The SMILES string of the molecule is Nc1ccc(Cl)c(Cn2cc(Br)cc(Br)c2=O)n1. The van der Waals surface area contributed by atoms with E-state index in [0.29, 0.717) is 21.0 Å². The van der Waals surface area contributed by atoms with E-state index in [-0.39, 0.29) is 12.1 Å². The lowest BCUT2D eigenvalue weighted by molar-refractivity contribution is 0.734. The summed E-state index contributed by atoms with van der Waals surface area (Å²) in [6, 6.07) is 4.97. The van der Waals surface area contributed by atoms with Crippen molar-refractivity contribution >= 4 is 49.3 Å². The van der Waals surface area contributed by atoms with Crippen molar-refractivity contribution in [3.63, 3.8) is 0 Å².